The molecule has 35 heavy (non-hydrogen) atoms. The molecule has 0 N–H and O–H groups in total. The van der Waals surface area contributed by atoms with Crippen LogP contribution in [0.2, 0.25) is 0 Å². The van der Waals surface area contributed by atoms with E-state index in [2.05, 4.69) is 25.4 Å². The second kappa shape index (κ2) is 9.10. The number of methoxy groups -OCH3 is 1. The number of aromatic nitrogens is 7. The molecule has 0 aliphatic heterocycles. The van der Waals surface area contributed by atoms with Crippen molar-refractivity contribution in [1.29, 1.82) is 0 Å². The minimum atomic E-state index is -0.444. The molecule has 12 nitrogen and oxygen atoms in total. The molecule has 0 atom stereocenters. The van der Waals surface area contributed by atoms with Crippen molar-refractivity contribution in [1.82, 2.24) is 34.6 Å². The smallest absolute Gasteiger partial charge is 0.311 e. The Labute approximate surface area is 202 Å². The van der Waals surface area contributed by atoms with Gasteiger partial charge >= 0.3 is 5.97 Å². The Bertz CT molecular complexity index is 1560. The second-order valence-electron chi connectivity index (χ2n) is 7.64. The predicted molar refractivity (Wildman–Crippen MR) is 126 cm³/mol. The van der Waals surface area contributed by atoms with Gasteiger partial charge in [0.1, 0.15) is 5.69 Å². The molecular weight excluding hydrogens is 472 g/mol. The van der Waals surface area contributed by atoms with Crippen molar-refractivity contribution < 1.29 is 14.5 Å². The van der Waals surface area contributed by atoms with E-state index in [9.17, 15) is 14.9 Å². The number of thioether (sulfide) groups is 1. The van der Waals surface area contributed by atoms with Gasteiger partial charge in [0.05, 0.1) is 24.1 Å². The van der Waals surface area contributed by atoms with Crippen LogP contribution in [-0.2, 0) is 21.7 Å². The first-order valence-corrected chi connectivity index (χ1v) is 11.4. The predicted octanol–water partition coefficient (Wildman–Crippen LogP) is 3.08. The number of carbonyl (C=O) groups excluding carboxylic acids is 1. The van der Waals surface area contributed by atoms with Gasteiger partial charge in [-0.05, 0) is 24.6 Å². The van der Waals surface area contributed by atoms with Crippen molar-refractivity contribution in [2.24, 2.45) is 0 Å². The maximum Gasteiger partial charge on any atom is 0.311 e. The Kier molecular flexibility index (Phi) is 5.82. The van der Waals surface area contributed by atoms with Crippen molar-refractivity contribution in [3.05, 3.63) is 75.5 Å². The summed E-state index contributed by atoms with van der Waals surface area (Å²) in [5.74, 6) is 0.345. The van der Waals surface area contributed by atoms with Gasteiger partial charge in [0.15, 0.2) is 11.2 Å². The number of carbonyl (C=O) groups is 1. The highest BCUT2D eigenvalue weighted by Gasteiger charge is 2.22. The van der Waals surface area contributed by atoms with Crippen molar-refractivity contribution >= 4 is 40.4 Å². The number of ether oxygens (including phenoxy) is 1. The van der Waals surface area contributed by atoms with E-state index in [-0.39, 0.29) is 17.9 Å². The highest BCUT2D eigenvalue weighted by atomic mass is 32.2. The molecule has 0 saturated carbocycles. The summed E-state index contributed by atoms with van der Waals surface area (Å²) < 4.78 is 8.02. The van der Waals surface area contributed by atoms with Crippen LogP contribution in [0.15, 0.2) is 53.7 Å². The lowest BCUT2D eigenvalue weighted by molar-refractivity contribution is -0.384. The number of non-ortho nitro benzene ring substituents is 1. The van der Waals surface area contributed by atoms with Gasteiger partial charge in [0.2, 0.25) is 5.16 Å². The number of nitro benzene ring substituents is 1. The van der Waals surface area contributed by atoms with Crippen LogP contribution in [0.4, 0.5) is 5.69 Å². The maximum absolute atomic E-state index is 12.0. The first-order chi connectivity index (χ1) is 16.9. The van der Waals surface area contributed by atoms with E-state index in [4.69, 9.17) is 4.74 Å². The van der Waals surface area contributed by atoms with Crippen molar-refractivity contribution in [3.8, 4) is 5.69 Å². The summed E-state index contributed by atoms with van der Waals surface area (Å²) in [6.07, 6.45) is -0.0670. The van der Waals surface area contributed by atoms with Crippen LogP contribution in [0, 0.1) is 17.0 Å². The topological polar surface area (TPSA) is 143 Å². The Morgan fingerprint density at radius 3 is 2.51 bits per heavy atom. The summed E-state index contributed by atoms with van der Waals surface area (Å²) in [4.78, 5) is 26.8. The molecule has 0 saturated heterocycles. The van der Waals surface area contributed by atoms with Crippen LogP contribution in [0.5, 0.6) is 0 Å². The van der Waals surface area contributed by atoms with E-state index in [1.807, 2.05) is 31.2 Å². The Morgan fingerprint density at radius 2 is 1.83 bits per heavy atom. The molecule has 176 valence electrons. The number of fused-ring (bicyclic) bond motifs is 3. The molecule has 0 unspecified atom stereocenters. The molecule has 0 radical (unpaired) electrons. The van der Waals surface area contributed by atoms with Gasteiger partial charge in [-0.15, -0.1) is 15.3 Å². The number of nitro groups is 1. The van der Waals surface area contributed by atoms with Crippen LogP contribution in [-0.4, -0.2) is 52.6 Å². The number of esters is 1. The lowest BCUT2D eigenvalue weighted by Gasteiger charge is -2.04. The van der Waals surface area contributed by atoms with E-state index in [1.165, 1.54) is 31.0 Å². The van der Waals surface area contributed by atoms with E-state index in [0.717, 1.165) is 16.8 Å². The first kappa shape index (κ1) is 22.4. The Morgan fingerprint density at radius 1 is 1.09 bits per heavy atom. The Hall–Kier alpha value is -4.39. The van der Waals surface area contributed by atoms with Gasteiger partial charge in [-0.2, -0.15) is 14.6 Å². The summed E-state index contributed by atoms with van der Waals surface area (Å²) in [5.41, 5.74) is 4.14. The highest BCUT2D eigenvalue weighted by Crippen LogP contribution is 2.25. The maximum atomic E-state index is 12.0. The number of rotatable bonds is 7. The summed E-state index contributed by atoms with van der Waals surface area (Å²) in [7, 11) is 1.32. The van der Waals surface area contributed by atoms with Crippen molar-refractivity contribution in [2.75, 3.05) is 7.11 Å². The van der Waals surface area contributed by atoms with Crippen LogP contribution >= 0.6 is 11.8 Å². The molecule has 5 aromatic rings. The quantitative estimate of drug-likeness (QED) is 0.144. The molecule has 0 aliphatic rings. The standard InChI is InChI=1S/C22H18N8O4S/c1-13-3-7-15(8-4-13)28-20-19(17(26-28)11-18(31)34-2)24-25-21-23-22(27-29(20)21)35-12-14-5-9-16(10-6-14)30(32)33/h3-10H,11-12H2,1-2H3. The largest absolute Gasteiger partial charge is 0.469 e. The van der Waals surface area contributed by atoms with Crippen LogP contribution in [0.1, 0.15) is 16.8 Å². The molecule has 3 aromatic heterocycles. The van der Waals surface area contributed by atoms with Crippen molar-refractivity contribution in [3.63, 3.8) is 0 Å². The molecule has 0 spiro atoms. The van der Waals surface area contributed by atoms with Gasteiger partial charge in [-0.3, -0.25) is 14.9 Å². The zero-order valence-corrected chi connectivity index (χ0v) is 19.5. The third kappa shape index (κ3) is 4.40. The molecule has 0 aliphatic carbocycles. The fourth-order valence-corrected chi connectivity index (χ4v) is 4.21. The van der Waals surface area contributed by atoms with E-state index in [1.54, 1.807) is 21.3 Å². The van der Waals surface area contributed by atoms with Gasteiger partial charge in [0, 0.05) is 17.9 Å². The minimum absolute atomic E-state index is 0.0365. The average molecular weight is 491 g/mol. The first-order valence-electron chi connectivity index (χ1n) is 10.4. The molecule has 3 heterocycles. The third-order valence-corrected chi connectivity index (χ3v) is 6.16. The van der Waals surface area contributed by atoms with Crippen molar-refractivity contribution in [2.45, 2.75) is 24.3 Å². The van der Waals surface area contributed by atoms with Crippen LogP contribution in [0.3, 0.4) is 0 Å². The molecule has 2 aromatic carbocycles. The molecule has 0 fully saturated rings. The number of hydrogen-bond donors (Lipinski definition) is 0. The molecular formula is C22H18N8O4S. The molecule has 5 rings (SSSR count). The monoisotopic (exact) mass is 490 g/mol. The van der Waals surface area contributed by atoms with Gasteiger partial charge in [-0.25, -0.2) is 4.68 Å². The normalized spacial score (nSPS) is 11.3. The minimum Gasteiger partial charge on any atom is -0.469 e. The number of aryl methyl sites for hydroxylation is 1. The lowest BCUT2D eigenvalue weighted by Crippen LogP contribution is -2.06. The Balaban J connectivity index is 1.54. The number of hydrogen-bond acceptors (Lipinski definition) is 10. The number of nitrogens with zero attached hydrogens (tertiary/aromatic N) is 8. The summed E-state index contributed by atoms with van der Waals surface area (Å²) in [6, 6.07) is 14.1. The summed E-state index contributed by atoms with van der Waals surface area (Å²) in [6.45, 7) is 1.99. The van der Waals surface area contributed by atoms with E-state index in [0.29, 0.717) is 27.8 Å². The molecule has 0 bridgehead atoms. The fourth-order valence-electron chi connectivity index (χ4n) is 3.44. The SMILES string of the molecule is COC(=O)Cc1nn(-c2ccc(C)cc2)c2c1nnc1nc(SCc3ccc([N+](=O)[O-])cc3)nn12. The number of benzene rings is 2. The zero-order valence-electron chi connectivity index (χ0n) is 18.7. The van der Waals surface area contributed by atoms with Gasteiger partial charge in [-0.1, -0.05) is 41.6 Å². The summed E-state index contributed by atoms with van der Waals surface area (Å²) in [5, 5.41) is 29.0. The van der Waals surface area contributed by atoms with E-state index < -0.39 is 10.9 Å². The van der Waals surface area contributed by atoms with E-state index >= 15 is 0 Å². The third-order valence-electron chi connectivity index (χ3n) is 5.25. The average Bonchev–Trinajstić information content (AvgIpc) is 3.44. The zero-order chi connectivity index (χ0) is 24.5. The lowest BCUT2D eigenvalue weighted by atomic mass is 10.2. The van der Waals surface area contributed by atoms with Gasteiger partial charge < -0.3 is 4.74 Å². The van der Waals surface area contributed by atoms with Crippen LogP contribution in [0.25, 0.3) is 22.6 Å². The molecule has 0 amide bonds. The summed E-state index contributed by atoms with van der Waals surface area (Å²) >= 11 is 1.36. The van der Waals surface area contributed by atoms with Gasteiger partial charge in [0.25, 0.3) is 11.5 Å². The molecule has 13 heteroatoms. The fraction of sp³-hybridized carbons (Fsp3) is 0.182. The highest BCUT2D eigenvalue weighted by molar-refractivity contribution is 7.98. The second-order valence-corrected chi connectivity index (χ2v) is 8.58. The van der Waals surface area contributed by atoms with Crippen LogP contribution < -0.4 is 0 Å².